The molecule has 0 aliphatic carbocycles. The van der Waals surface area contributed by atoms with Crippen LogP contribution >= 0.6 is 0 Å². The third-order valence-corrected chi connectivity index (χ3v) is 8.57. The Balaban J connectivity index is 1.78. The molecule has 1 fully saturated rings. The number of nitrogens with zero attached hydrogens (tertiary/aromatic N) is 3. The van der Waals surface area contributed by atoms with Crippen LogP contribution in [0.4, 0.5) is 5.82 Å². The van der Waals surface area contributed by atoms with Gasteiger partial charge in [-0.05, 0) is 27.2 Å². The molecule has 160 valence electrons. The number of sulfonamides is 1. The van der Waals surface area contributed by atoms with E-state index in [1.165, 1.54) is 4.68 Å². The fraction of sp³-hybridized carbons (Fsp3) is 0.368. The number of rotatable bonds is 5. The van der Waals surface area contributed by atoms with Gasteiger partial charge in [0.2, 0.25) is 0 Å². The van der Waals surface area contributed by atoms with Crippen molar-refractivity contribution in [3.05, 3.63) is 47.3 Å². The average molecular weight is 450 g/mol. The Morgan fingerprint density at radius 2 is 1.87 bits per heavy atom. The predicted octanol–water partition coefficient (Wildman–Crippen LogP) is 2.36. The van der Waals surface area contributed by atoms with Crippen LogP contribution in [0.1, 0.15) is 29.4 Å². The van der Waals surface area contributed by atoms with E-state index in [2.05, 4.69) is 20.0 Å². The lowest BCUT2D eigenvalue weighted by atomic mass is 10.1. The lowest BCUT2D eigenvalue weighted by Crippen LogP contribution is -2.20. The van der Waals surface area contributed by atoms with E-state index in [4.69, 9.17) is 0 Å². The summed E-state index contributed by atoms with van der Waals surface area (Å²) >= 11 is 0. The van der Waals surface area contributed by atoms with Crippen LogP contribution in [0.2, 0.25) is 0 Å². The van der Waals surface area contributed by atoms with Gasteiger partial charge in [0.25, 0.3) is 10.0 Å². The Kier molecular flexibility index (Phi) is 4.97. The predicted molar refractivity (Wildman–Crippen MR) is 114 cm³/mol. The molecule has 0 spiro atoms. The summed E-state index contributed by atoms with van der Waals surface area (Å²) in [5.74, 6) is 0.219. The third-order valence-electron chi connectivity index (χ3n) is 5.21. The lowest BCUT2D eigenvalue weighted by molar-refractivity contribution is 0.507. The van der Waals surface area contributed by atoms with Crippen LogP contribution in [-0.2, 0) is 19.9 Å². The van der Waals surface area contributed by atoms with Crippen LogP contribution < -0.4 is 4.72 Å². The summed E-state index contributed by atoms with van der Waals surface area (Å²) in [5.41, 5.74) is 3.25. The number of hydrogen-bond acceptors (Lipinski definition) is 6. The van der Waals surface area contributed by atoms with E-state index in [-0.39, 0.29) is 22.2 Å². The van der Waals surface area contributed by atoms with Gasteiger partial charge in [0.1, 0.15) is 10.7 Å². The summed E-state index contributed by atoms with van der Waals surface area (Å²) in [4.78, 5) is 0.0752. The molecule has 3 heterocycles. The molecule has 1 aliphatic rings. The summed E-state index contributed by atoms with van der Waals surface area (Å²) in [6, 6.07) is 8.88. The van der Waals surface area contributed by atoms with Gasteiger partial charge in [0, 0.05) is 11.6 Å². The minimum atomic E-state index is -3.94. The molecule has 0 bridgehead atoms. The number of sulfone groups is 1. The molecule has 1 aliphatic heterocycles. The first-order valence-electron chi connectivity index (χ1n) is 9.47. The number of hydrogen-bond donors (Lipinski definition) is 2. The average Bonchev–Trinajstić information content (AvgIpc) is 3.32. The zero-order chi connectivity index (χ0) is 21.7. The van der Waals surface area contributed by atoms with Gasteiger partial charge in [-0.1, -0.05) is 29.8 Å². The summed E-state index contributed by atoms with van der Waals surface area (Å²) < 4.78 is 54.2. The van der Waals surface area contributed by atoms with Crippen LogP contribution in [0.25, 0.3) is 11.3 Å². The quantitative estimate of drug-likeness (QED) is 0.616. The van der Waals surface area contributed by atoms with Crippen molar-refractivity contribution in [1.29, 1.82) is 0 Å². The first-order chi connectivity index (χ1) is 14.1. The smallest absolute Gasteiger partial charge is 0.266 e. The molecule has 1 unspecified atom stereocenters. The molecule has 4 rings (SSSR count). The number of aryl methyl sites for hydroxylation is 3. The van der Waals surface area contributed by atoms with Crippen molar-refractivity contribution in [2.75, 3.05) is 16.2 Å². The van der Waals surface area contributed by atoms with Crippen molar-refractivity contribution >= 4 is 25.7 Å². The van der Waals surface area contributed by atoms with Crippen LogP contribution in [0.15, 0.2) is 35.2 Å². The third kappa shape index (κ3) is 3.86. The highest BCUT2D eigenvalue weighted by Gasteiger charge is 2.33. The zero-order valence-electron chi connectivity index (χ0n) is 16.9. The first kappa shape index (κ1) is 20.6. The summed E-state index contributed by atoms with van der Waals surface area (Å²) in [6.45, 7) is 5.21. The fourth-order valence-corrected chi connectivity index (χ4v) is 6.81. The van der Waals surface area contributed by atoms with Crippen LogP contribution in [0.3, 0.4) is 0 Å². The normalized spacial score (nSPS) is 18.6. The molecule has 0 amide bonds. The molecular formula is C19H23N5O4S2. The van der Waals surface area contributed by atoms with E-state index in [0.29, 0.717) is 23.5 Å². The Morgan fingerprint density at radius 1 is 1.17 bits per heavy atom. The minimum Gasteiger partial charge on any atom is -0.281 e. The van der Waals surface area contributed by atoms with Crippen molar-refractivity contribution in [1.82, 2.24) is 20.0 Å². The Morgan fingerprint density at radius 3 is 2.43 bits per heavy atom. The summed E-state index contributed by atoms with van der Waals surface area (Å²) in [6.07, 6.45) is 0.385. The maximum absolute atomic E-state index is 13.1. The second-order valence-electron chi connectivity index (χ2n) is 7.65. The van der Waals surface area contributed by atoms with Gasteiger partial charge in [0.05, 0.1) is 34.6 Å². The molecule has 3 aromatic rings. The molecule has 0 radical (unpaired) electrons. The van der Waals surface area contributed by atoms with E-state index in [0.717, 1.165) is 11.1 Å². The molecule has 1 aromatic carbocycles. The number of benzene rings is 1. The van der Waals surface area contributed by atoms with E-state index in [1.807, 2.05) is 31.2 Å². The number of anilines is 1. The SMILES string of the molecule is Cc1ccc(-c2cc(NS(=O)(=O)c3c(C)n[nH]c3C)n(C3CCS(=O)(=O)C3)n2)cc1. The number of aromatic amines is 1. The van der Waals surface area contributed by atoms with Crippen LogP contribution in [0, 0.1) is 20.8 Å². The Bertz CT molecular complexity index is 1290. The topological polar surface area (TPSA) is 127 Å². The largest absolute Gasteiger partial charge is 0.281 e. The molecule has 1 atom stereocenters. The highest BCUT2D eigenvalue weighted by Crippen LogP contribution is 2.32. The maximum atomic E-state index is 13.1. The van der Waals surface area contributed by atoms with E-state index in [1.54, 1.807) is 19.9 Å². The molecule has 0 saturated carbocycles. The number of nitrogens with one attached hydrogen (secondary N) is 2. The van der Waals surface area contributed by atoms with E-state index >= 15 is 0 Å². The van der Waals surface area contributed by atoms with Crippen molar-refractivity contribution in [3.63, 3.8) is 0 Å². The van der Waals surface area contributed by atoms with Gasteiger partial charge in [-0.3, -0.25) is 9.82 Å². The van der Waals surface area contributed by atoms with Gasteiger partial charge < -0.3 is 0 Å². The second-order valence-corrected chi connectivity index (χ2v) is 11.5. The van der Waals surface area contributed by atoms with Crippen molar-refractivity contribution < 1.29 is 16.8 Å². The standard InChI is InChI=1S/C19H23N5O4S2/c1-12-4-6-15(7-5-12)17-10-18(24(22-17)16-8-9-29(25,26)11-16)23-30(27,28)19-13(2)20-21-14(19)3/h4-7,10,16,23H,8-9,11H2,1-3H3,(H,20,21). The van der Waals surface area contributed by atoms with Crippen molar-refractivity contribution in [3.8, 4) is 11.3 Å². The first-order valence-corrected chi connectivity index (χ1v) is 12.8. The van der Waals surface area contributed by atoms with E-state index < -0.39 is 25.9 Å². The molecule has 30 heavy (non-hydrogen) atoms. The minimum absolute atomic E-state index is 0.0591. The fourth-order valence-electron chi connectivity index (χ4n) is 3.71. The molecule has 2 aromatic heterocycles. The van der Waals surface area contributed by atoms with Gasteiger partial charge in [-0.25, -0.2) is 21.5 Å². The zero-order valence-corrected chi connectivity index (χ0v) is 18.5. The summed E-state index contributed by atoms with van der Waals surface area (Å²) in [7, 11) is -7.12. The number of H-pyrrole nitrogens is 1. The monoisotopic (exact) mass is 449 g/mol. The molecule has 1 saturated heterocycles. The molecule has 2 N–H and O–H groups in total. The van der Waals surface area contributed by atoms with E-state index in [9.17, 15) is 16.8 Å². The van der Waals surface area contributed by atoms with Crippen molar-refractivity contribution in [2.45, 2.75) is 38.1 Å². The van der Waals surface area contributed by atoms with Crippen molar-refractivity contribution in [2.24, 2.45) is 0 Å². The Labute approximate surface area is 175 Å². The maximum Gasteiger partial charge on any atom is 0.266 e. The van der Waals surface area contributed by atoms with Gasteiger partial charge in [-0.15, -0.1) is 0 Å². The van der Waals surface area contributed by atoms with Gasteiger partial charge in [-0.2, -0.15) is 10.2 Å². The highest BCUT2D eigenvalue weighted by molar-refractivity contribution is 7.92. The summed E-state index contributed by atoms with van der Waals surface area (Å²) in [5, 5.41) is 11.2. The molecule has 11 heteroatoms. The molecule has 9 nitrogen and oxygen atoms in total. The van der Waals surface area contributed by atoms with Crippen LogP contribution in [0.5, 0.6) is 0 Å². The Hall–Kier alpha value is -2.66. The molecular weight excluding hydrogens is 426 g/mol. The van der Waals surface area contributed by atoms with Gasteiger partial charge >= 0.3 is 0 Å². The van der Waals surface area contributed by atoms with Gasteiger partial charge in [0.15, 0.2) is 9.84 Å². The number of aromatic nitrogens is 4. The van der Waals surface area contributed by atoms with Crippen LogP contribution in [-0.4, -0.2) is 48.3 Å². The lowest BCUT2D eigenvalue weighted by Gasteiger charge is -2.14. The second kappa shape index (κ2) is 7.24. The highest BCUT2D eigenvalue weighted by atomic mass is 32.2.